The first-order valence-corrected chi connectivity index (χ1v) is 9.82. The summed E-state index contributed by atoms with van der Waals surface area (Å²) in [5.74, 6) is -1.35. The molecule has 5 heteroatoms. The van der Waals surface area contributed by atoms with E-state index in [1.807, 2.05) is 50.3 Å². The van der Waals surface area contributed by atoms with E-state index in [9.17, 15) is 8.78 Å². The van der Waals surface area contributed by atoms with Gasteiger partial charge in [-0.05, 0) is 37.4 Å². The number of rotatable bonds is 4. The van der Waals surface area contributed by atoms with E-state index in [0.29, 0.717) is 5.69 Å². The zero-order valence-corrected chi connectivity index (χ0v) is 20.0. The maximum absolute atomic E-state index is 14.2. The van der Waals surface area contributed by atoms with Crippen LogP contribution in [0.5, 0.6) is 0 Å². The molecule has 0 bridgehead atoms. The van der Waals surface area contributed by atoms with Gasteiger partial charge >= 0.3 is 21.1 Å². The van der Waals surface area contributed by atoms with Crippen LogP contribution in [0.25, 0.3) is 16.8 Å². The Labute approximate surface area is 196 Å². The Morgan fingerprint density at radius 3 is 2.13 bits per heavy atom. The fourth-order valence-electron chi connectivity index (χ4n) is 3.49. The molecule has 0 spiro atoms. The van der Waals surface area contributed by atoms with Crippen LogP contribution in [0.15, 0.2) is 60.7 Å². The van der Waals surface area contributed by atoms with Gasteiger partial charge in [-0.15, -0.1) is 18.2 Å². The number of halogens is 2. The van der Waals surface area contributed by atoms with Crippen molar-refractivity contribution in [1.82, 2.24) is 9.97 Å². The van der Waals surface area contributed by atoms with Gasteiger partial charge in [0.2, 0.25) is 0 Å². The molecule has 0 atom stereocenters. The molecule has 2 nitrogen and oxygen atoms in total. The number of hydrogen-bond acceptors (Lipinski definition) is 2. The monoisotopic (exact) mass is 595 g/mol. The molecular weight excluding hydrogens is 573 g/mol. The minimum Gasteiger partial charge on any atom is -0.316 e. The quantitative estimate of drug-likeness (QED) is 0.330. The molecule has 0 unspecified atom stereocenters. The van der Waals surface area contributed by atoms with Crippen LogP contribution in [-0.4, -0.2) is 9.97 Å². The Balaban J connectivity index is 0.00000272. The number of allylic oxidation sites excluding steroid dienone is 4. The molecule has 0 amide bonds. The zero-order valence-electron chi connectivity index (χ0n) is 17.7. The van der Waals surface area contributed by atoms with Crippen LogP contribution in [0, 0.1) is 29.2 Å². The first kappa shape index (κ1) is 23.2. The number of nitrogens with zero attached hydrogens (tertiary/aromatic N) is 2. The van der Waals surface area contributed by atoms with Crippen molar-refractivity contribution in [3.63, 3.8) is 0 Å². The second-order valence-corrected chi connectivity index (χ2v) is 8.65. The van der Waals surface area contributed by atoms with E-state index in [-0.39, 0.29) is 32.0 Å². The third kappa shape index (κ3) is 4.75. The maximum atomic E-state index is 14.2. The molecule has 0 fully saturated rings. The van der Waals surface area contributed by atoms with Crippen molar-refractivity contribution in [2.24, 2.45) is 5.41 Å². The van der Waals surface area contributed by atoms with Crippen LogP contribution in [0.4, 0.5) is 8.78 Å². The molecule has 2 aromatic heterocycles. The van der Waals surface area contributed by atoms with Crippen molar-refractivity contribution in [3.8, 4) is 11.3 Å². The van der Waals surface area contributed by atoms with Crippen molar-refractivity contribution in [2.75, 3.05) is 0 Å². The summed E-state index contributed by atoms with van der Waals surface area (Å²) in [6.45, 7) is 8.31. The summed E-state index contributed by atoms with van der Waals surface area (Å²) >= 11 is 0. The molecule has 1 aliphatic rings. The minimum absolute atomic E-state index is 0. The van der Waals surface area contributed by atoms with Gasteiger partial charge in [0.05, 0.1) is 0 Å². The van der Waals surface area contributed by atoms with Gasteiger partial charge in [-0.3, -0.25) is 8.78 Å². The standard InChI is InChI=1S/C26H22F2N2.Pt/c1-25(2)14-13-17(16-25)21-7-5-9-23(29-21)26(3,4)24-10-6-8-22(30-24)19-12-11-18(27)15-20(19)28;/h5-11,14-16H,1-4H3;/q-2;+2. The van der Waals surface area contributed by atoms with E-state index >= 15 is 0 Å². The Hall–Kier alpha value is -2.45. The molecule has 0 aliphatic heterocycles. The Morgan fingerprint density at radius 1 is 0.935 bits per heavy atom. The van der Waals surface area contributed by atoms with Crippen molar-refractivity contribution < 1.29 is 29.8 Å². The smallest absolute Gasteiger partial charge is 0.316 e. The normalized spacial score (nSPS) is 14.8. The summed E-state index contributed by atoms with van der Waals surface area (Å²) in [6, 6.07) is 15.9. The van der Waals surface area contributed by atoms with E-state index in [0.717, 1.165) is 34.8 Å². The molecule has 0 saturated heterocycles. The Morgan fingerprint density at radius 2 is 1.55 bits per heavy atom. The summed E-state index contributed by atoms with van der Waals surface area (Å²) in [5.41, 5.74) is 3.41. The molecule has 3 aromatic rings. The van der Waals surface area contributed by atoms with E-state index in [2.05, 4.69) is 37.0 Å². The topological polar surface area (TPSA) is 25.8 Å². The van der Waals surface area contributed by atoms with E-state index in [1.165, 1.54) is 0 Å². The molecule has 0 radical (unpaired) electrons. The Kier molecular flexibility index (Phi) is 6.43. The molecule has 0 saturated carbocycles. The predicted octanol–water partition coefficient (Wildman–Crippen LogP) is 6.33. The second kappa shape index (κ2) is 8.59. The summed E-state index contributed by atoms with van der Waals surface area (Å²) < 4.78 is 27.5. The van der Waals surface area contributed by atoms with E-state index in [1.54, 1.807) is 6.07 Å². The molecule has 31 heavy (non-hydrogen) atoms. The molecule has 4 rings (SSSR count). The van der Waals surface area contributed by atoms with E-state index in [4.69, 9.17) is 4.98 Å². The Bertz CT molecular complexity index is 1180. The minimum atomic E-state index is -0.685. The summed E-state index contributed by atoms with van der Waals surface area (Å²) in [6.07, 6.45) is 7.50. The molecule has 0 N–H and O–H groups in total. The van der Waals surface area contributed by atoms with Crippen LogP contribution < -0.4 is 0 Å². The molecular formula is C26H22F2N2Pt. The predicted molar refractivity (Wildman–Crippen MR) is 114 cm³/mol. The average molecular weight is 596 g/mol. The second-order valence-electron chi connectivity index (χ2n) is 8.65. The first-order chi connectivity index (χ1) is 14.2. The van der Waals surface area contributed by atoms with Gasteiger partial charge in [-0.1, -0.05) is 55.2 Å². The van der Waals surface area contributed by atoms with Crippen LogP contribution in [0.2, 0.25) is 0 Å². The summed E-state index contributed by atoms with van der Waals surface area (Å²) in [7, 11) is 0. The third-order valence-corrected chi connectivity index (χ3v) is 5.28. The molecule has 160 valence electrons. The van der Waals surface area contributed by atoms with Gasteiger partial charge in [0.1, 0.15) is 0 Å². The summed E-state index contributed by atoms with van der Waals surface area (Å²) in [4.78, 5) is 9.54. The molecule has 1 aromatic carbocycles. The van der Waals surface area contributed by atoms with Gasteiger partial charge in [-0.2, -0.15) is 17.7 Å². The van der Waals surface area contributed by atoms with Gasteiger partial charge < -0.3 is 9.97 Å². The first-order valence-electron chi connectivity index (χ1n) is 9.82. The van der Waals surface area contributed by atoms with Crippen LogP contribution in [0.1, 0.15) is 44.8 Å². The fourth-order valence-corrected chi connectivity index (χ4v) is 3.49. The van der Waals surface area contributed by atoms with Gasteiger partial charge in [-0.25, -0.2) is 0 Å². The summed E-state index contributed by atoms with van der Waals surface area (Å²) in [5, 5.41) is 0. The number of hydrogen-bond donors (Lipinski definition) is 0. The number of pyridine rings is 2. The number of benzene rings is 1. The van der Waals surface area contributed by atoms with Crippen LogP contribution >= 0.6 is 0 Å². The van der Waals surface area contributed by atoms with Gasteiger partial charge in [0.15, 0.2) is 0 Å². The maximum Gasteiger partial charge on any atom is 2.00 e. The van der Waals surface area contributed by atoms with Crippen molar-refractivity contribution in [3.05, 3.63) is 102 Å². The van der Waals surface area contributed by atoms with Crippen molar-refractivity contribution >= 4 is 5.57 Å². The van der Waals surface area contributed by atoms with Crippen molar-refractivity contribution in [2.45, 2.75) is 33.1 Å². The van der Waals surface area contributed by atoms with Gasteiger partial charge in [0.25, 0.3) is 0 Å². The fraction of sp³-hybridized carbons (Fsp3) is 0.231. The zero-order chi connectivity index (χ0) is 21.5. The van der Waals surface area contributed by atoms with Crippen LogP contribution in [-0.2, 0) is 26.5 Å². The SMILES string of the molecule is CC1(C)C=[C-]C(c2cccc(C(C)(C)c3cccc(-c4[c-]cc(F)cc4F)n3)n2)=C1.[Pt+2]. The molecule has 1 aliphatic carbocycles. The van der Waals surface area contributed by atoms with E-state index < -0.39 is 17.0 Å². The molecule has 2 heterocycles. The average Bonchev–Trinajstić information content (AvgIpc) is 3.08. The largest absolute Gasteiger partial charge is 2.00 e. The van der Waals surface area contributed by atoms with Crippen molar-refractivity contribution in [1.29, 1.82) is 0 Å². The van der Waals surface area contributed by atoms with Crippen LogP contribution in [0.3, 0.4) is 0 Å². The number of aromatic nitrogens is 2. The third-order valence-electron chi connectivity index (χ3n) is 5.28. The van der Waals surface area contributed by atoms with Gasteiger partial charge in [0, 0.05) is 28.4 Å².